The van der Waals surface area contributed by atoms with Crippen LogP contribution in [0.5, 0.6) is 0 Å². The Morgan fingerprint density at radius 1 is 1.38 bits per heavy atom. The summed E-state index contributed by atoms with van der Waals surface area (Å²) in [7, 11) is 0. The van der Waals surface area contributed by atoms with Gasteiger partial charge in [-0.3, -0.25) is 4.90 Å². The lowest BCUT2D eigenvalue weighted by atomic mass is 9.99. The molecule has 1 saturated heterocycles. The van der Waals surface area contributed by atoms with Crippen molar-refractivity contribution in [3.05, 3.63) is 29.8 Å². The highest BCUT2D eigenvalue weighted by atomic mass is 16.4. The molecule has 5 nitrogen and oxygen atoms in total. The van der Waals surface area contributed by atoms with Crippen molar-refractivity contribution in [2.75, 3.05) is 18.0 Å². The predicted molar refractivity (Wildman–Crippen MR) is 81.6 cm³/mol. The summed E-state index contributed by atoms with van der Waals surface area (Å²) >= 11 is 0. The average molecular weight is 290 g/mol. The minimum atomic E-state index is -1.10. The standard InChI is InChI=1S/C16H22N2O3/c1-4-17(13-9-6-5-8-12(13)2)15(21)18-11-7-10-16(18,3)14(19)20/h5-6,8-9H,4,7,10-11H2,1-3H3,(H,19,20). The first-order valence-corrected chi connectivity index (χ1v) is 7.30. The van der Waals surface area contributed by atoms with E-state index in [-0.39, 0.29) is 6.03 Å². The van der Waals surface area contributed by atoms with E-state index in [4.69, 9.17) is 0 Å². The van der Waals surface area contributed by atoms with Crippen LogP contribution in [0.25, 0.3) is 0 Å². The fourth-order valence-corrected chi connectivity index (χ4v) is 2.91. The molecule has 0 bridgehead atoms. The number of benzene rings is 1. The third-order valence-corrected chi connectivity index (χ3v) is 4.29. The van der Waals surface area contributed by atoms with Crippen molar-refractivity contribution < 1.29 is 14.7 Å². The summed E-state index contributed by atoms with van der Waals surface area (Å²) in [4.78, 5) is 27.5. The lowest BCUT2D eigenvalue weighted by molar-refractivity contribution is -0.147. The second-order valence-corrected chi connectivity index (χ2v) is 5.65. The lowest BCUT2D eigenvalue weighted by Crippen LogP contribution is -2.55. The van der Waals surface area contributed by atoms with E-state index < -0.39 is 11.5 Å². The summed E-state index contributed by atoms with van der Waals surface area (Å²) in [5.74, 6) is -0.936. The predicted octanol–water partition coefficient (Wildman–Crippen LogP) is 2.88. The number of aryl methyl sites for hydroxylation is 1. The van der Waals surface area contributed by atoms with Gasteiger partial charge in [-0.1, -0.05) is 18.2 Å². The fourth-order valence-electron chi connectivity index (χ4n) is 2.91. The van der Waals surface area contributed by atoms with Crippen LogP contribution in [-0.4, -0.2) is 40.6 Å². The molecule has 1 fully saturated rings. The number of rotatable bonds is 3. The Morgan fingerprint density at radius 3 is 2.62 bits per heavy atom. The maximum Gasteiger partial charge on any atom is 0.329 e. The molecule has 1 aromatic rings. The Hall–Kier alpha value is -2.04. The molecule has 0 aliphatic carbocycles. The largest absolute Gasteiger partial charge is 0.480 e. The Bertz CT molecular complexity index is 558. The summed E-state index contributed by atoms with van der Waals surface area (Å²) in [6, 6.07) is 7.43. The Morgan fingerprint density at radius 2 is 2.05 bits per heavy atom. The molecule has 114 valence electrons. The number of aliphatic carboxylic acids is 1. The number of anilines is 1. The summed E-state index contributed by atoms with van der Waals surface area (Å²) in [6.07, 6.45) is 1.22. The van der Waals surface area contributed by atoms with E-state index in [9.17, 15) is 14.7 Å². The van der Waals surface area contributed by atoms with Crippen LogP contribution in [0.2, 0.25) is 0 Å². The molecule has 1 N–H and O–H groups in total. The maximum atomic E-state index is 12.8. The zero-order chi connectivity index (χ0) is 15.6. The first-order valence-electron chi connectivity index (χ1n) is 7.30. The van der Waals surface area contributed by atoms with Crippen LogP contribution in [0.15, 0.2) is 24.3 Å². The molecule has 2 amide bonds. The molecule has 2 rings (SSSR count). The first-order chi connectivity index (χ1) is 9.91. The molecular weight excluding hydrogens is 268 g/mol. The van der Waals surface area contributed by atoms with Gasteiger partial charge in [0, 0.05) is 18.8 Å². The Kier molecular flexibility index (Phi) is 4.21. The number of urea groups is 1. The molecule has 21 heavy (non-hydrogen) atoms. The van der Waals surface area contributed by atoms with Crippen molar-refractivity contribution in [2.24, 2.45) is 0 Å². The van der Waals surface area contributed by atoms with Gasteiger partial charge in [-0.05, 0) is 45.2 Å². The molecule has 1 aliphatic heterocycles. The van der Waals surface area contributed by atoms with E-state index in [1.54, 1.807) is 11.8 Å². The van der Waals surface area contributed by atoms with Gasteiger partial charge in [0.2, 0.25) is 0 Å². The number of carbonyl (C=O) groups is 2. The zero-order valence-corrected chi connectivity index (χ0v) is 12.8. The molecule has 1 heterocycles. The highest BCUT2D eigenvalue weighted by Crippen LogP contribution is 2.32. The van der Waals surface area contributed by atoms with Gasteiger partial charge in [-0.2, -0.15) is 0 Å². The number of hydrogen-bond donors (Lipinski definition) is 1. The molecule has 1 unspecified atom stereocenters. The van der Waals surface area contributed by atoms with Crippen molar-refractivity contribution in [1.29, 1.82) is 0 Å². The minimum Gasteiger partial charge on any atom is -0.480 e. The van der Waals surface area contributed by atoms with Gasteiger partial charge in [0.15, 0.2) is 0 Å². The van der Waals surface area contributed by atoms with Crippen molar-refractivity contribution >= 4 is 17.7 Å². The van der Waals surface area contributed by atoms with Crippen LogP contribution in [-0.2, 0) is 4.79 Å². The number of likely N-dealkylation sites (tertiary alicyclic amines) is 1. The summed E-state index contributed by atoms with van der Waals surface area (Å²) in [5.41, 5.74) is 0.737. The number of amides is 2. The van der Waals surface area contributed by atoms with Crippen LogP contribution in [0.4, 0.5) is 10.5 Å². The van der Waals surface area contributed by atoms with E-state index >= 15 is 0 Å². The molecule has 1 aliphatic rings. The van der Waals surface area contributed by atoms with E-state index in [0.29, 0.717) is 19.5 Å². The molecule has 1 atom stereocenters. The Balaban J connectivity index is 2.33. The van der Waals surface area contributed by atoms with Gasteiger partial charge in [-0.15, -0.1) is 0 Å². The maximum absolute atomic E-state index is 12.8. The van der Waals surface area contributed by atoms with E-state index in [1.165, 1.54) is 4.90 Å². The quantitative estimate of drug-likeness (QED) is 0.931. The summed E-state index contributed by atoms with van der Waals surface area (Å²) in [6.45, 7) is 6.48. The SMILES string of the molecule is CCN(C(=O)N1CCCC1(C)C(=O)O)c1ccccc1C. The number of carboxylic acids is 1. The second-order valence-electron chi connectivity index (χ2n) is 5.65. The summed E-state index contributed by atoms with van der Waals surface area (Å²) in [5, 5.41) is 9.46. The van der Waals surface area contributed by atoms with Crippen molar-refractivity contribution in [3.63, 3.8) is 0 Å². The topological polar surface area (TPSA) is 60.9 Å². The van der Waals surface area contributed by atoms with E-state index in [0.717, 1.165) is 17.7 Å². The van der Waals surface area contributed by atoms with Crippen molar-refractivity contribution in [3.8, 4) is 0 Å². The average Bonchev–Trinajstić information content (AvgIpc) is 2.85. The highest BCUT2D eigenvalue weighted by molar-refractivity contribution is 5.96. The van der Waals surface area contributed by atoms with Gasteiger partial charge in [-0.25, -0.2) is 9.59 Å². The third kappa shape index (κ3) is 2.60. The van der Waals surface area contributed by atoms with Gasteiger partial charge in [0.05, 0.1) is 0 Å². The molecule has 5 heteroatoms. The molecule has 0 aromatic heterocycles. The molecule has 0 saturated carbocycles. The Labute approximate surface area is 125 Å². The van der Waals surface area contributed by atoms with Crippen LogP contribution in [0, 0.1) is 6.92 Å². The first kappa shape index (κ1) is 15.4. The van der Waals surface area contributed by atoms with E-state index in [1.807, 2.05) is 38.1 Å². The molecule has 0 radical (unpaired) electrons. The number of carboxylic acid groups (broad SMARTS) is 1. The van der Waals surface area contributed by atoms with Crippen molar-refractivity contribution in [1.82, 2.24) is 4.90 Å². The third-order valence-electron chi connectivity index (χ3n) is 4.29. The second kappa shape index (κ2) is 5.76. The van der Waals surface area contributed by atoms with Gasteiger partial charge in [0.1, 0.15) is 5.54 Å². The normalized spacial score (nSPS) is 21.4. The smallest absolute Gasteiger partial charge is 0.329 e. The van der Waals surface area contributed by atoms with Crippen LogP contribution in [0.3, 0.4) is 0 Å². The number of nitrogens with zero attached hydrogens (tertiary/aromatic N) is 2. The zero-order valence-electron chi connectivity index (χ0n) is 12.8. The fraction of sp³-hybridized carbons (Fsp3) is 0.500. The summed E-state index contributed by atoms with van der Waals surface area (Å²) < 4.78 is 0. The number of para-hydroxylation sites is 1. The van der Waals surface area contributed by atoms with Gasteiger partial charge >= 0.3 is 12.0 Å². The number of hydrogen-bond acceptors (Lipinski definition) is 2. The van der Waals surface area contributed by atoms with Gasteiger partial charge in [0.25, 0.3) is 0 Å². The lowest BCUT2D eigenvalue weighted by Gasteiger charge is -2.35. The van der Waals surface area contributed by atoms with E-state index in [2.05, 4.69) is 0 Å². The highest BCUT2D eigenvalue weighted by Gasteiger charge is 2.47. The minimum absolute atomic E-state index is 0.228. The van der Waals surface area contributed by atoms with Crippen molar-refractivity contribution in [2.45, 2.75) is 39.2 Å². The molecular formula is C16H22N2O3. The van der Waals surface area contributed by atoms with Crippen LogP contribution >= 0.6 is 0 Å². The van der Waals surface area contributed by atoms with Gasteiger partial charge < -0.3 is 10.0 Å². The van der Waals surface area contributed by atoms with Crippen LogP contribution in [0.1, 0.15) is 32.3 Å². The molecule has 0 spiro atoms. The van der Waals surface area contributed by atoms with Crippen LogP contribution < -0.4 is 4.90 Å². The monoisotopic (exact) mass is 290 g/mol. The molecule has 1 aromatic carbocycles. The number of carbonyl (C=O) groups excluding carboxylic acids is 1.